The standard InChI is InChI=1S/C10H16/c1-7(2)10-5-4-8(3)9(10)6-10/h7,9H,3-6H2,1-2H3/t9-,10+/m1/s1. The third-order valence-electron chi connectivity index (χ3n) is 3.67. The Labute approximate surface area is 63.3 Å². The molecule has 2 rings (SSSR count). The highest BCUT2D eigenvalue weighted by atomic mass is 14.6. The molecule has 0 radical (unpaired) electrons. The Morgan fingerprint density at radius 1 is 1.60 bits per heavy atom. The molecule has 0 aromatic carbocycles. The maximum atomic E-state index is 4.10. The molecule has 56 valence electrons. The summed E-state index contributed by atoms with van der Waals surface area (Å²) in [5, 5.41) is 0. The first-order chi connectivity index (χ1) is 4.67. The molecule has 0 heterocycles. The van der Waals surface area contributed by atoms with E-state index in [4.69, 9.17) is 0 Å². The first-order valence-electron chi connectivity index (χ1n) is 4.34. The molecule has 0 unspecified atom stereocenters. The number of fused-ring (bicyclic) bond motifs is 1. The SMILES string of the molecule is C=C1CC[C@@]2(C(C)C)C[C@H]12. The minimum absolute atomic E-state index is 0.733. The quantitative estimate of drug-likeness (QED) is 0.486. The summed E-state index contributed by atoms with van der Waals surface area (Å²) in [5.74, 6) is 1.81. The molecule has 0 amide bonds. The van der Waals surface area contributed by atoms with Gasteiger partial charge in [0.25, 0.3) is 0 Å². The van der Waals surface area contributed by atoms with E-state index < -0.39 is 0 Å². The first kappa shape index (κ1) is 6.45. The molecular formula is C10H16. The van der Waals surface area contributed by atoms with Crippen molar-refractivity contribution in [2.45, 2.75) is 33.1 Å². The van der Waals surface area contributed by atoms with Gasteiger partial charge in [-0.25, -0.2) is 0 Å². The Balaban J connectivity index is 2.18. The summed E-state index contributed by atoms with van der Waals surface area (Å²) in [6.45, 7) is 8.82. The van der Waals surface area contributed by atoms with E-state index >= 15 is 0 Å². The molecular weight excluding hydrogens is 120 g/mol. The van der Waals surface area contributed by atoms with E-state index in [-0.39, 0.29) is 0 Å². The van der Waals surface area contributed by atoms with Gasteiger partial charge in [-0.2, -0.15) is 0 Å². The van der Waals surface area contributed by atoms with E-state index in [1.807, 2.05) is 0 Å². The third-order valence-corrected chi connectivity index (χ3v) is 3.67. The molecule has 2 fully saturated rings. The highest BCUT2D eigenvalue weighted by molar-refractivity contribution is 5.26. The Hall–Kier alpha value is -0.260. The summed E-state index contributed by atoms with van der Waals surface area (Å²) in [6.07, 6.45) is 4.18. The molecule has 0 nitrogen and oxygen atoms in total. The van der Waals surface area contributed by atoms with Gasteiger partial charge in [0.05, 0.1) is 0 Å². The Kier molecular flexibility index (Phi) is 1.07. The van der Waals surface area contributed by atoms with Crippen LogP contribution < -0.4 is 0 Å². The predicted octanol–water partition coefficient (Wildman–Crippen LogP) is 3.00. The fraction of sp³-hybridized carbons (Fsp3) is 0.800. The molecule has 2 saturated carbocycles. The minimum Gasteiger partial charge on any atom is -0.0996 e. The number of hydrogen-bond donors (Lipinski definition) is 0. The maximum absolute atomic E-state index is 4.10. The zero-order valence-electron chi connectivity index (χ0n) is 6.98. The van der Waals surface area contributed by atoms with Crippen LogP contribution in [0.4, 0.5) is 0 Å². The lowest BCUT2D eigenvalue weighted by Crippen LogP contribution is -2.07. The van der Waals surface area contributed by atoms with Crippen LogP contribution in [0.25, 0.3) is 0 Å². The van der Waals surface area contributed by atoms with Gasteiger partial charge in [0, 0.05) is 0 Å². The predicted molar refractivity (Wildman–Crippen MR) is 43.8 cm³/mol. The molecule has 0 N–H and O–H groups in total. The van der Waals surface area contributed by atoms with Crippen LogP contribution in [0, 0.1) is 17.3 Å². The van der Waals surface area contributed by atoms with Gasteiger partial charge in [0.2, 0.25) is 0 Å². The van der Waals surface area contributed by atoms with E-state index in [0.29, 0.717) is 0 Å². The zero-order valence-corrected chi connectivity index (χ0v) is 6.98. The second kappa shape index (κ2) is 1.66. The van der Waals surface area contributed by atoms with Gasteiger partial charge in [0.15, 0.2) is 0 Å². The van der Waals surface area contributed by atoms with Crippen LogP contribution in [0.5, 0.6) is 0 Å². The van der Waals surface area contributed by atoms with Gasteiger partial charge in [-0.15, -0.1) is 0 Å². The lowest BCUT2D eigenvalue weighted by Gasteiger charge is -2.15. The van der Waals surface area contributed by atoms with Crippen LogP contribution in [0.1, 0.15) is 33.1 Å². The van der Waals surface area contributed by atoms with E-state index in [0.717, 1.165) is 17.3 Å². The van der Waals surface area contributed by atoms with Crippen LogP contribution in [0.15, 0.2) is 12.2 Å². The van der Waals surface area contributed by atoms with Gasteiger partial charge in [-0.05, 0) is 36.5 Å². The van der Waals surface area contributed by atoms with Crippen molar-refractivity contribution < 1.29 is 0 Å². The number of allylic oxidation sites excluding steroid dienone is 1. The largest absolute Gasteiger partial charge is 0.0996 e. The van der Waals surface area contributed by atoms with Crippen molar-refractivity contribution in [2.24, 2.45) is 17.3 Å². The van der Waals surface area contributed by atoms with Gasteiger partial charge in [-0.1, -0.05) is 26.0 Å². The van der Waals surface area contributed by atoms with Crippen molar-refractivity contribution in [1.82, 2.24) is 0 Å². The van der Waals surface area contributed by atoms with Crippen molar-refractivity contribution in [3.8, 4) is 0 Å². The molecule has 0 aliphatic heterocycles. The van der Waals surface area contributed by atoms with Crippen molar-refractivity contribution in [3.63, 3.8) is 0 Å². The molecule has 2 aliphatic carbocycles. The highest BCUT2D eigenvalue weighted by Crippen LogP contribution is 2.69. The monoisotopic (exact) mass is 136 g/mol. The van der Waals surface area contributed by atoms with E-state index in [1.165, 1.54) is 24.8 Å². The van der Waals surface area contributed by atoms with E-state index in [1.54, 1.807) is 0 Å². The maximum Gasteiger partial charge on any atom is -0.0141 e. The average molecular weight is 136 g/mol. The number of hydrogen-bond acceptors (Lipinski definition) is 0. The summed E-state index contributed by atoms with van der Waals surface area (Å²) >= 11 is 0. The molecule has 0 aromatic rings. The number of rotatable bonds is 1. The van der Waals surface area contributed by atoms with Crippen molar-refractivity contribution in [1.29, 1.82) is 0 Å². The van der Waals surface area contributed by atoms with Gasteiger partial charge < -0.3 is 0 Å². The Morgan fingerprint density at radius 2 is 2.30 bits per heavy atom. The van der Waals surface area contributed by atoms with Crippen LogP contribution in [-0.2, 0) is 0 Å². The summed E-state index contributed by atoms with van der Waals surface area (Å²) in [7, 11) is 0. The van der Waals surface area contributed by atoms with Crippen molar-refractivity contribution in [3.05, 3.63) is 12.2 Å². The Bertz CT molecular complexity index is 178. The second-order valence-electron chi connectivity index (χ2n) is 4.30. The molecule has 0 aromatic heterocycles. The summed E-state index contributed by atoms with van der Waals surface area (Å²) < 4.78 is 0. The van der Waals surface area contributed by atoms with E-state index in [9.17, 15) is 0 Å². The fourth-order valence-corrected chi connectivity index (χ4v) is 2.64. The smallest absolute Gasteiger partial charge is 0.0141 e. The minimum atomic E-state index is 0.733. The topological polar surface area (TPSA) is 0 Å². The molecule has 0 bridgehead atoms. The fourth-order valence-electron chi connectivity index (χ4n) is 2.64. The molecule has 0 heteroatoms. The highest BCUT2D eigenvalue weighted by Gasteiger charge is 2.59. The lowest BCUT2D eigenvalue weighted by molar-refractivity contribution is 0.344. The van der Waals surface area contributed by atoms with Crippen LogP contribution >= 0.6 is 0 Å². The van der Waals surface area contributed by atoms with Crippen molar-refractivity contribution >= 4 is 0 Å². The van der Waals surface area contributed by atoms with Crippen LogP contribution in [-0.4, -0.2) is 0 Å². The molecule has 2 aliphatic rings. The van der Waals surface area contributed by atoms with Gasteiger partial charge in [0.1, 0.15) is 0 Å². The van der Waals surface area contributed by atoms with Gasteiger partial charge >= 0.3 is 0 Å². The van der Waals surface area contributed by atoms with Gasteiger partial charge in [-0.3, -0.25) is 0 Å². The molecule has 0 saturated heterocycles. The molecule has 2 atom stereocenters. The summed E-state index contributed by atoms with van der Waals surface area (Å²) in [4.78, 5) is 0. The zero-order chi connectivity index (χ0) is 7.35. The summed E-state index contributed by atoms with van der Waals surface area (Å²) in [5.41, 5.74) is 2.27. The third kappa shape index (κ3) is 0.574. The molecule has 10 heavy (non-hydrogen) atoms. The second-order valence-corrected chi connectivity index (χ2v) is 4.30. The van der Waals surface area contributed by atoms with E-state index in [2.05, 4.69) is 20.4 Å². The molecule has 0 spiro atoms. The van der Waals surface area contributed by atoms with Crippen molar-refractivity contribution in [2.75, 3.05) is 0 Å². The first-order valence-corrected chi connectivity index (χ1v) is 4.34. The van der Waals surface area contributed by atoms with Crippen LogP contribution in [0.2, 0.25) is 0 Å². The Morgan fingerprint density at radius 3 is 2.50 bits per heavy atom. The lowest BCUT2D eigenvalue weighted by atomic mass is 9.90. The van der Waals surface area contributed by atoms with Crippen LogP contribution in [0.3, 0.4) is 0 Å². The average Bonchev–Trinajstić information content (AvgIpc) is 2.52. The summed E-state index contributed by atoms with van der Waals surface area (Å²) in [6, 6.07) is 0. The normalized spacial score (nSPS) is 44.3.